The predicted octanol–water partition coefficient (Wildman–Crippen LogP) is 18.6. The van der Waals surface area contributed by atoms with Gasteiger partial charge in [-0.2, -0.15) is 5.26 Å². The summed E-state index contributed by atoms with van der Waals surface area (Å²) in [5.41, 5.74) is 15.2. The van der Waals surface area contributed by atoms with Crippen LogP contribution in [-0.2, 0) is 38.3 Å². The fraction of sp³-hybridized carbons (Fsp3) is 0.472. The number of carboxylic acids is 1. The van der Waals surface area contributed by atoms with Gasteiger partial charge in [0.15, 0.2) is 10.2 Å². The van der Waals surface area contributed by atoms with E-state index >= 15 is 0 Å². The molecular weight excluding hydrogens is 2170 g/mol. The molecule has 5 saturated heterocycles. The number of rotatable bonds is 22. The van der Waals surface area contributed by atoms with Crippen molar-refractivity contribution in [2.24, 2.45) is 5.73 Å². The molecule has 8 N–H and O–H groups in total. The van der Waals surface area contributed by atoms with E-state index in [9.17, 15) is 43.2 Å². The van der Waals surface area contributed by atoms with E-state index in [1.807, 2.05) is 176 Å². The van der Waals surface area contributed by atoms with Crippen LogP contribution in [0.25, 0.3) is 0 Å². The highest BCUT2D eigenvalue weighted by Gasteiger charge is 2.32. The molecule has 8 heterocycles. The molecule has 0 spiro atoms. The SMILES string of the molecule is C=CCO.CC#N.CC(C)(C)OC(=O)N1CCNCC1.CCO.COc1cc(C)c(CC(Br)C=O)cc1C(=O)N1CCCCC1.COc1cc(C)c(CCC=O)cc1C(=O)N1CCCCC1.COc1cc(C)c(Cc2cnc(Nc3ccccn3)s2)cc1C(=O)N1CCN(C(=O)OC(C)(C)C)CC1.COc1cc(C)c(I)cc1C(=O)N1CCCCC1.COc1cc(C)c(I)cc1C(=O)O.NC(=S)Nc1ccccn1. The summed E-state index contributed by atoms with van der Waals surface area (Å²) in [6, 6.07) is 31.5. The maximum Gasteiger partial charge on any atom is 0.410 e. The first kappa shape index (κ1) is 125. The van der Waals surface area contributed by atoms with Crippen molar-refractivity contribution in [1.82, 2.24) is 49.7 Å². The third-order valence-corrected chi connectivity index (χ3v) is 25.8. The van der Waals surface area contributed by atoms with E-state index in [0.29, 0.717) is 109 Å². The van der Waals surface area contributed by atoms with E-state index in [-0.39, 0.29) is 70.1 Å². The smallest absolute Gasteiger partial charge is 0.410 e. The van der Waals surface area contributed by atoms with Crippen molar-refractivity contribution >= 4 is 161 Å². The number of aliphatic hydroxyl groups is 2. The van der Waals surface area contributed by atoms with Crippen LogP contribution in [0.15, 0.2) is 128 Å². The van der Waals surface area contributed by atoms with Gasteiger partial charge in [-0.1, -0.05) is 34.1 Å². The van der Waals surface area contributed by atoms with Gasteiger partial charge in [0.1, 0.15) is 69.7 Å². The number of ether oxygens (including phenoxy) is 7. The Morgan fingerprint density at radius 3 is 1.26 bits per heavy atom. The van der Waals surface area contributed by atoms with E-state index in [4.69, 9.17) is 59.5 Å². The lowest BCUT2D eigenvalue weighted by atomic mass is 9.99. The summed E-state index contributed by atoms with van der Waals surface area (Å²) >= 11 is 13.8. The van der Waals surface area contributed by atoms with Crippen LogP contribution in [0.3, 0.4) is 0 Å². The van der Waals surface area contributed by atoms with Gasteiger partial charge >= 0.3 is 18.2 Å². The Kier molecular flexibility index (Phi) is 58.0. The maximum atomic E-state index is 13.5. The molecule has 5 aromatic carbocycles. The van der Waals surface area contributed by atoms with Gasteiger partial charge in [-0.25, -0.2) is 29.3 Å². The number of nitrogens with two attached hydrogens (primary N) is 1. The lowest BCUT2D eigenvalue weighted by molar-refractivity contribution is -0.108. The molecule has 8 aromatic rings. The predicted molar refractivity (Wildman–Crippen MR) is 590 cm³/mol. The highest BCUT2D eigenvalue weighted by atomic mass is 127. The van der Waals surface area contributed by atoms with Crippen LogP contribution in [0.1, 0.15) is 221 Å². The Morgan fingerprint density at radius 1 is 0.549 bits per heavy atom. The van der Waals surface area contributed by atoms with Crippen LogP contribution in [-0.4, -0.2) is 276 Å². The first-order valence-electron chi connectivity index (χ1n) is 47.6. The highest BCUT2D eigenvalue weighted by molar-refractivity contribution is 14.1. The number of amides is 6. The monoisotopic (exact) mass is 2310 g/mol. The molecule has 1 unspecified atom stereocenters. The van der Waals surface area contributed by atoms with Crippen molar-refractivity contribution in [2.75, 3.05) is 151 Å². The first-order chi connectivity index (χ1) is 68.6. The number of thiocarbonyl (C=S) groups is 1. The molecule has 0 radical (unpaired) electrons. The summed E-state index contributed by atoms with van der Waals surface area (Å²) in [6.45, 7) is 37.7. The number of alkyl halides is 1. The number of likely N-dealkylation sites (tertiary alicyclic amines) is 3. The number of carbonyl (C=O) groups excluding carboxylic acids is 8. The second kappa shape index (κ2) is 66.7. The van der Waals surface area contributed by atoms with Crippen LogP contribution in [0.2, 0.25) is 0 Å². The third kappa shape index (κ3) is 44.4. The molecular formula is C106H145BrI2N14O19S2. The minimum Gasteiger partial charge on any atom is -0.496 e. The fourth-order valence-electron chi connectivity index (χ4n) is 14.6. The van der Waals surface area contributed by atoms with E-state index in [1.165, 1.54) is 39.4 Å². The van der Waals surface area contributed by atoms with Crippen LogP contribution >= 0.6 is 84.7 Å². The molecule has 13 rings (SSSR count). The molecule has 1 atom stereocenters. The van der Waals surface area contributed by atoms with Crippen LogP contribution in [0.4, 0.5) is 26.4 Å². The summed E-state index contributed by atoms with van der Waals surface area (Å²) in [6.07, 6.45) is 20.3. The second-order valence-corrected chi connectivity index (χ2v) is 40.4. The average molecular weight is 2320 g/mol. The van der Waals surface area contributed by atoms with Crippen molar-refractivity contribution in [2.45, 2.75) is 190 Å². The molecule has 33 nitrogen and oxygen atoms in total. The minimum absolute atomic E-state index is 0.0232. The number of pyridine rings is 2. The summed E-state index contributed by atoms with van der Waals surface area (Å²) < 4.78 is 39.4. The Labute approximate surface area is 894 Å². The zero-order valence-corrected chi connectivity index (χ0v) is 93.9. The van der Waals surface area contributed by atoms with E-state index in [0.717, 1.165) is 184 Å². The summed E-state index contributed by atoms with van der Waals surface area (Å²) in [5, 5.41) is 41.6. The van der Waals surface area contributed by atoms with Gasteiger partial charge in [0.05, 0.1) is 75.3 Å². The number of aldehydes is 2. The van der Waals surface area contributed by atoms with Gasteiger partial charge in [0, 0.05) is 149 Å². The number of anilines is 3. The Morgan fingerprint density at radius 2 is 0.896 bits per heavy atom. The number of carbonyl (C=O) groups is 9. The number of hydrogen-bond donors (Lipinski definition) is 7. The van der Waals surface area contributed by atoms with Gasteiger partial charge in [0.25, 0.3) is 23.6 Å². The molecule has 5 fully saturated rings. The van der Waals surface area contributed by atoms with Gasteiger partial charge in [0.2, 0.25) is 0 Å². The van der Waals surface area contributed by atoms with Crippen LogP contribution < -0.4 is 45.4 Å². The number of aryl methyl sites for hydroxylation is 6. The number of piperazine rings is 2. The molecule has 3 aromatic heterocycles. The Bertz CT molecular complexity index is 5440. The average Bonchev–Trinajstić information content (AvgIpc) is 0.963. The van der Waals surface area contributed by atoms with Gasteiger partial charge < -0.3 is 109 Å². The number of nitriles is 1. The highest BCUT2D eigenvalue weighted by Crippen LogP contribution is 2.35. The molecule has 38 heteroatoms. The number of nitrogens with zero attached hydrogens (tertiary/aromatic N) is 10. The minimum atomic E-state index is -0.963. The zero-order chi connectivity index (χ0) is 107. The number of aromatic carboxylic acids is 1. The number of methoxy groups -OCH3 is 5. The normalized spacial score (nSPS) is 13.7. The number of nitrogens with one attached hydrogen (secondary N) is 3. The van der Waals surface area contributed by atoms with Crippen LogP contribution in [0, 0.1) is 53.1 Å². The van der Waals surface area contributed by atoms with Gasteiger partial charge in [-0.3, -0.25) is 19.2 Å². The van der Waals surface area contributed by atoms with Crippen molar-refractivity contribution < 1.29 is 91.6 Å². The van der Waals surface area contributed by atoms with E-state index in [2.05, 4.69) is 111 Å². The molecule has 6 amide bonds. The summed E-state index contributed by atoms with van der Waals surface area (Å²) in [5.74, 6) is 3.37. The molecule has 786 valence electrons. The van der Waals surface area contributed by atoms with Crippen molar-refractivity contribution in [3.8, 4) is 34.8 Å². The quantitative estimate of drug-likeness (QED) is 0.0109. The molecule has 5 aliphatic rings. The van der Waals surface area contributed by atoms with Crippen molar-refractivity contribution in [3.05, 3.63) is 213 Å². The van der Waals surface area contributed by atoms with Gasteiger partial charge in [-0.15, -0.1) is 17.9 Å². The number of benzene rings is 5. The largest absolute Gasteiger partial charge is 0.496 e. The summed E-state index contributed by atoms with van der Waals surface area (Å²) in [7, 11) is 7.83. The number of thiazole rings is 1. The second-order valence-electron chi connectivity index (χ2n) is 35.3. The standard InChI is InChI=1S/C27H33N5O4S.C17H22BrNO3.C17H23NO3.C14H18INO2.C9H9IO3.C9H18N2O2.C6H7N3S.C3H6O.C2H3N.C2H6O/c1-18-14-22(35-5)21(24(33)31-10-12-32(13-11-31)26(34)36-27(2,3)4)16-19(18)15-20-17-29-25(37-20)30-23-8-6-7-9-28-23;1-12-8-16(22-2)15(10-13(12)9-14(18)11-20)17(21)19-6-4-3-5-7-19;1-13-11-16(21-2)15(12-14(13)7-6-10-19)17(20)18-8-4-3-5-9-18;1-10-8-13(18-2)11(9-12(10)15)14(17)16-6-4-3-5-7-16;1-5-3-8(13-2)6(9(11)12)4-7(5)10;1-9(2,3)13-8(12)11-6-4-10-5-7-11;7-6(10)9-5-3-1-2-4-8-5;1-2-3-4;2*1-2-3/h6-9,14,16-17H,10-13,15H2,1-5H3,(H,28,29,30);8,10-11,14H,3-7,9H2,1-2H3;10-12H,3-9H2,1-2H3;8-9H,3-7H2,1-2H3;3-4H,1-2H3,(H,11,12);10H,4-7H2,1-3H3;1-4H,(H3,7,8,9,10);2,4H,1,3H2;1H3;3H,2H2,1H3. The molecule has 144 heavy (non-hydrogen) atoms. The van der Waals surface area contributed by atoms with Crippen molar-refractivity contribution in [1.29, 1.82) is 5.26 Å². The number of piperidine rings is 3. The topological polar surface area (TPSA) is 423 Å². The first-order valence-corrected chi connectivity index (χ1v) is 51.9. The zero-order valence-electron chi connectivity index (χ0n) is 86.4. The van der Waals surface area contributed by atoms with E-state index in [1.54, 1.807) is 98.1 Å². The molecule has 5 aliphatic heterocycles. The summed E-state index contributed by atoms with van der Waals surface area (Å²) in [4.78, 5) is 132. The Hall–Kier alpha value is -11.2. The lowest BCUT2D eigenvalue weighted by Crippen LogP contribution is -2.51. The number of aromatic nitrogens is 3. The fourth-order valence-corrected chi connectivity index (χ4v) is 16.9. The van der Waals surface area contributed by atoms with Crippen LogP contribution in [0.5, 0.6) is 28.7 Å². The maximum absolute atomic E-state index is 13.5. The number of halogens is 3. The molecule has 0 bridgehead atoms. The van der Waals surface area contributed by atoms with Gasteiger partial charge in [-0.05, 0) is 341 Å². The molecule has 0 saturated carbocycles. The Balaban J connectivity index is 0.000000357. The number of hydrogen-bond acceptors (Lipinski definition) is 26. The number of aliphatic hydroxyl groups excluding tert-OH is 2. The van der Waals surface area contributed by atoms with Crippen molar-refractivity contribution in [3.63, 3.8) is 0 Å². The van der Waals surface area contributed by atoms with E-state index < -0.39 is 11.6 Å². The third-order valence-electron chi connectivity index (χ3n) is 22.0. The lowest BCUT2D eigenvalue weighted by Gasteiger charge is -2.35. The molecule has 0 aliphatic carbocycles. The number of carboxylic acid groups (broad SMARTS) is 1.